The number of fused-ring (bicyclic) bond motifs is 1. The summed E-state index contributed by atoms with van der Waals surface area (Å²) in [7, 11) is 0. The van der Waals surface area contributed by atoms with E-state index in [1.165, 1.54) is 0 Å². The first-order valence-corrected chi connectivity index (χ1v) is 10.1. The number of rotatable bonds is 6. The zero-order valence-corrected chi connectivity index (χ0v) is 18.0. The van der Waals surface area contributed by atoms with Crippen molar-refractivity contribution in [2.24, 2.45) is 0 Å². The van der Waals surface area contributed by atoms with Crippen molar-refractivity contribution in [3.63, 3.8) is 0 Å². The van der Waals surface area contributed by atoms with E-state index in [2.05, 4.69) is 10.6 Å². The van der Waals surface area contributed by atoms with Crippen LogP contribution in [-0.2, 0) is 11.3 Å². The van der Waals surface area contributed by atoms with E-state index in [9.17, 15) is 5.11 Å². The van der Waals surface area contributed by atoms with Crippen LogP contribution in [0.5, 0.6) is 5.75 Å². The predicted molar refractivity (Wildman–Crippen MR) is 117 cm³/mol. The van der Waals surface area contributed by atoms with E-state index in [-0.39, 0.29) is 19.0 Å². The van der Waals surface area contributed by atoms with Gasteiger partial charge in [0.25, 0.3) is 0 Å². The van der Waals surface area contributed by atoms with Crippen LogP contribution in [0.3, 0.4) is 0 Å². The lowest BCUT2D eigenvalue weighted by Gasteiger charge is -2.24. The molecule has 0 spiro atoms. The topological polar surface area (TPSA) is 56.5 Å². The van der Waals surface area contributed by atoms with E-state index < -0.39 is 6.10 Å². The Hall–Kier alpha value is -1.79. The number of hydrogen-bond acceptors (Lipinski definition) is 4. The van der Waals surface area contributed by atoms with Crippen molar-refractivity contribution in [1.82, 2.24) is 9.55 Å². The van der Waals surface area contributed by atoms with Crippen LogP contribution in [0.1, 0.15) is 30.1 Å². The van der Waals surface area contributed by atoms with Crippen molar-refractivity contribution < 1.29 is 14.6 Å². The summed E-state index contributed by atoms with van der Waals surface area (Å²) in [4.78, 5) is 4.87. The molecule has 2 heterocycles. The minimum absolute atomic E-state index is 0. The summed E-state index contributed by atoms with van der Waals surface area (Å²) in [6.45, 7) is 4.12. The minimum atomic E-state index is -0.647. The van der Waals surface area contributed by atoms with Crippen LogP contribution in [0.25, 0.3) is 11.0 Å². The molecule has 5 nitrogen and oxygen atoms in total. The van der Waals surface area contributed by atoms with Gasteiger partial charge in [-0.1, -0.05) is 23.7 Å². The van der Waals surface area contributed by atoms with Gasteiger partial charge in [-0.2, -0.15) is 0 Å². The van der Waals surface area contributed by atoms with Crippen LogP contribution >= 0.6 is 24.0 Å². The highest BCUT2D eigenvalue weighted by molar-refractivity contribution is 6.30. The van der Waals surface area contributed by atoms with Crippen molar-refractivity contribution in [2.75, 3.05) is 19.8 Å². The summed E-state index contributed by atoms with van der Waals surface area (Å²) in [6, 6.07) is 13.6. The lowest BCUT2D eigenvalue weighted by molar-refractivity contribution is 0.0779. The fraction of sp³-hybridized carbons (Fsp3) is 0.409. The van der Waals surface area contributed by atoms with Crippen molar-refractivity contribution >= 4 is 35.0 Å². The molecular formula is C22H26Cl2N2O3. The SMILES string of the molecule is Cc1cc(Cl)ccc1OCC(O)Cn1c(C2CCOCC2)nc2ccccc21.Cl. The van der Waals surface area contributed by atoms with Gasteiger partial charge in [-0.15, -0.1) is 12.4 Å². The Morgan fingerprint density at radius 1 is 1.24 bits per heavy atom. The first kappa shape index (κ1) is 21.9. The molecular weight excluding hydrogens is 411 g/mol. The van der Waals surface area contributed by atoms with Crippen LogP contribution in [-0.4, -0.2) is 40.6 Å². The number of ether oxygens (including phenoxy) is 2. The Kier molecular flexibility index (Phi) is 7.41. The van der Waals surface area contributed by atoms with Gasteiger partial charge in [0, 0.05) is 24.2 Å². The van der Waals surface area contributed by atoms with E-state index in [1.54, 1.807) is 6.07 Å². The molecule has 0 saturated carbocycles. The number of imidazole rings is 1. The van der Waals surface area contributed by atoms with Gasteiger partial charge in [-0.3, -0.25) is 0 Å². The van der Waals surface area contributed by atoms with Crippen LogP contribution in [0.15, 0.2) is 42.5 Å². The highest BCUT2D eigenvalue weighted by Crippen LogP contribution is 2.30. The van der Waals surface area contributed by atoms with Crippen molar-refractivity contribution in [2.45, 2.75) is 38.3 Å². The molecule has 1 saturated heterocycles. The van der Waals surface area contributed by atoms with Gasteiger partial charge < -0.3 is 19.1 Å². The smallest absolute Gasteiger partial charge is 0.122 e. The number of aliphatic hydroxyl groups is 1. The van der Waals surface area contributed by atoms with Crippen LogP contribution < -0.4 is 4.74 Å². The van der Waals surface area contributed by atoms with Gasteiger partial charge >= 0.3 is 0 Å². The summed E-state index contributed by atoms with van der Waals surface area (Å²) in [5, 5.41) is 11.4. The van der Waals surface area contributed by atoms with Gasteiger partial charge in [0.1, 0.15) is 24.3 Å². The van der Waals surface area contributed by atoms with Gasteiger partial charge in [-0.05, 0) is 55.7 Å². The second-order valence-corrected chi connectivity index (χ2v) is 7.77. The zero-order chi connectivity index (χ0) is 19.5. The number of aliphatic hydroxyl groups excluding tert-OH is 1. The van der Waals surface area contributed by atoms with E-state index >= 15 is 0 Å². The normalized spacial score (nSPS) is 15.8. The quantitative estimate of drug-likeness (QED) is 0.605. The molecule has 0 amide bonds. The van der Waals surface area contributed by atoms with Crippen LogP contribution in [0.2, 0.25) is 5.02 Å². The number of hydrogen-bond donors (Lipinski definition) is 1. The van der Waals surface area contributed by atoms with E-state index in [0.29, 0.717) is 17.5 Å². The number of aromatic nitrogens is 2. The second kappa shape index (κ2) is 9.81. The lowest BCUT2D eigenvalue weighted by Crippen LogP contribution is -2.26. The summed E-state index contributed by atoms with van der Waals surface area (Å²) >= 11 is 6.00. The average molecular weight is 437 g/mol. The molecule has 3 aromatic rings. The van der Waals surface area contributed by atoms with Gasteiger partial charge in [0.05, 0.1) is 17.6 Å². The number of nitrogens with zero attached hydrogens (tertiary/aromatic N) is 2. The van der Waals surface area contributed by atoms with E-state index in [0.717, 1.165) is 54.2 Å². The Balaban J connectivity index is 0.00000240. The Morgan fingerprint density at radius 3 is 2.76 bits per heavy atom. The summed E-state index contributed by atoms with van der Waals surface area (Å²) in [6.07, 6.45) is 1.27. The summed E-state index contributed by atoms with van der Waals surface area (Å²) in [5.41, 5.74) is 2.96. The van der Waals surface area contributed by atoms with Gasteiger partial charge in [-0.25, -0.2) is 4.98 Å². The number of benzene rings is 2. The molecule has 156 valence electrons. The monoisotopic (exact) mass is 436 g/mol. The molecule has 1 N–H and O–H groups in total. The number of aryl methyl sites for hydroxylation is 1. The minimum Gasteiger partial charge on any atom is -0.491 e. The largest absolute Gasteiger partial charge is 0.491 e. The molecule has 0 bridgehead atoms. The molecule has 1 atom stereocenters. The van der Waals surface area contributed by atoms with Gasteiger partial charge in [0.15, 0.2) is 0 Å². The van der Waals surface area contributed by atoms with Crippen LogP contribution in [0.4, 0.5) is 0 Å². The van der Waals surface area contributed by atoms with Crippen molar-refractivity contribution in [1.29, 1.82) is 0 Å². The third-order valence-electron chi connectivity index (χ3n) is 5.23. The molecule has 1 aliphatic rings. The van der Waals surface area contributed by atoms with Gasteiger partial charge in [0.2, 0.25) is 0 Å². The lowest BCUT2D eigenvalue weighted by atomic mass is 9.99. The zero-order valence-electron chi connectivity index (χ0n) is 16.4. The van der Waals surface area contributed by atoms with Crippen molar-refractivity contribution in [3.8, 4) is 5.75 Å². The standard InChI is InChI=1S/C22H25ClN2O3.ClH/c1-15-12-17(23)6-7-21(15)28-14-18(26)13-25-20-5-3-2-4-19(20)24-22(25)16-8-10-27-11-9-16;/h2-7,12,16,18,26H,8-11,13-14H2,1H3;1H. The maximum Gasteiger partial charge on any atom is 0.122 e. The summed E-state index contributed by atoms with van der Waals surface area (Å²) < 4.78 is 13.5. The molecule has 1 unspecified atom stereocenters. The van der Waals surface area contributed by atoms with Crippen molar-refractivity contribution in [3.05, 3.63) is 58.9 Å². The first-order chi connectivity index (χ1) is 13.6. The summed E-state index contributed by atoms with van der Waals surface area (Å²) in [5.74, 6) is 2.13. The Morgan fingerprint density at radius 2 is 2.00 bits per heavy atom. The average Bonchev–Trinajstić information content (AvgIpc) is 3.06. The second-order valence-electron chi connectivity index (χ2n) is 7.33. The molecule has 29 heavy (non-hydrogen) atoms. The first-order valence-electron chi connectivity index (χ1n) is 9.72. The van der Waals surface area contributed by atoms with E-state index in [1.807, 2.05) is 37.3 Å². The molecule has 0 radical (unpaired) electrons. The molecule has 2 aromatic carbocycles. The molecule has 1 aliphatic heterocycles. The molecule has 1 aromatic heterocycles. The maximum atomic E-state index is 10.7. The molecule has 0 aliphatic carbocycles. The maximum absolute atomic E-state index is 10.7. The Labute approximate surface area is 182 Å². The highest BCUT2D eigenvalue weighted by Gasteiger charge is 2.24. The predicted octanol–water partition coefficient (Wildman–Crippen LogP) is 4.75. The highest BCUT2D eigenvalue weighted by atomic mass is 35.5. The fourth-order valence-corrected chi connectivity index (χ4v) is 4.00. The molecule has 1 fully saturated rings. The third-order valence-corrected chi connectivity index (χ3v) is 5.47. The Bertz CT molecular complexity index is 954. The molecule has 4 rings (SSSR count). The van der Waals surface area contributed by atoms with E-state index in [4.69, 9.17) is 26.1 Å². The fourth-order valence-electron chi connectivity index (χ4n) is 3.78. The third kappa shape index (κ3) is 5.04. The van der Waals surface area contributed by atoms with Crippen LogP contribution in [0, 0.1) is 6.92 Å². The number of halogens is 2. The molecule has 7 heteroatoms. The number of para-hydroxylation sites is 2.